The molecule has 1 aliphatic heterocycles. The van der Waals surface area contributed by atoms with E-state index in [0.29, 0.717) is 13.0 Å². The minimum Gasteiger partial charge on any atom is -0.378 e. The number of halogens is 1. The lowest BCUT2D eigenvalue weighted by Crippen LogP contribution is -2.28. The van der Waals surface area contributed by atoms with E-state index in [4.69, 9.17) is 10.00 Å². The van der Waals surface area contributed by atoms with Crippen molar-refractivity contribution in [2.45, 2.75) is 30.3 Å². The molecule has 108 valence electrons. The first-order chi connectivity index (χ1) is 9.54. The van der Waals surface area contributed by atoms with Crippen molar-refractivity contribution in [3.8, 4) is 6.07 Å². The van der Waals surface area contributed by atoms with Crippen molar-refractivity contribution < 1.29 is 17.5 Å². The third-order valence-electron chi connectivity index (χ3n) is 3.16. The molecule has 20 heavy (non-hydrogen) atoms. The predicted octanol–water partition coefficient (Wildman–Crippen LogP) is 1.54. The van der Waals surface area contributed by atoms with Gasteiger partial charge in [-0.3, -0.25) is 0 Å². The molecule has 7 heteroatoms. The van der Waals surface area contributed by atoms with Crippen molar-refractivity contribution in [1.29, 1.82) is 5.26 Å². The van der Waals surface area contributed by atoms with Crippen LogP contribution in [0.25, 0.3) is 0 Å². The van der Waals surface area contributed by atoms with Gasteiger partial charge in [-0.1, -0.05) is 6.07 Å². The summed E-state index contributed by atoms with van der Waals surface area (Å²) in [5.74, 6) is -0.838. The summed E-state index contributed by atoms with van der Waals surface area (Å²) in [5, 5.41) is 8.86. The van der Waals surface area contributed by atoms with Gasteiger partial charge in [0.05, 0.1) is 6.10 Å². The fourth-order valence-corrected chi connectivity index (χ4v) is 3.35. The molecule has 0 spiro atoms. The molecule has 0 aromatic heterocycles. The zero-order valence-electron chi connectivity index (χ0n) is 10.8. The standard InChI is InChI=1S/C13H15FN2O3S/c14-12-4-1-5-13(11(12)9-15)20(17,18)16-7-6-10-3-2-8-19-10/h1,4-5,10,16H,2-3,6-8H2. The van der Waals surface area contributed by atoms with Crippen molar-refractivity contribution in [3.63, 3.8) is 0 Å². The first kappa shape index (κ1) is 14.9. The molecule has 1 aromatic carbocycles. The number of nitriles is 1. The highest BCUT2D eigenvalue weighted by Gasteiger charge is 2.22. The van der Waals surface area contributed by atoms with E-state index in [9.17, 15) is 12.8 Å². The molecule has 0 saturated carbocycles. The molecule has 0 radical (unpaired) electrons. The van der Waals surface area contributed by atoms with Gasteiger partial charge in [0.1, 0.15) is 22.3 Å². The average molecular weight is 298 g/mol. The first-order valence-corrected chi connectivity index (χ1v) is 7.83. The summed E-state index contributed by atoms with van der Waals surface area (Å²) in [6.07, 6.45) is 2.54. The van der Waals surface area contributed by atoms with Crippen LogP contribution in [0.1, 0.15) is 24.8 Å². The summed E-state index contributed by atoms with van der Waals surface area (Å²) in [6.45, 7) is 0.911. The van der Waals surface area contributed by atoms with E-state index in [0.717, 1.165) is 18.9 Å². The zero-order chi connectivity index (χ0) is 14.6. The number of sulfonamides is 1. The molecule has 1 fully saturated rings. The fraction of sp³-hybridized carbons (Fsp3) is 0.462. The van der Waals surface area contributed by atoms with E-state index in [1.54, 1.807) is 6.07 Å². The monoisotopic (exact) mass is 298 g/mol. The van der Waals surface area contributed by atoms with E-state index in [1.807, 2.05) is 0 Å². The van der Waals surface area contributed by atoms with Crippen LogP contribution in [0, 0.1) is 17.1 Å². The molecule has 1 aliphatic rings. The van der Waals surface area contributed by atoms with E-state index in [1.165, 1.54) is 12.1 Å². The second-order valence-corrected chi connectivity index (χ2v) is 6.28. The van der Waals surface area contributed by atoms with Crippen LogP contribution in [0.15, 0.2) is 23.1 Å². The second kappa shape index (κ2) is 6.31. The molecule has 1 saturated heterocycles. The highest BCUT2D eigenvalue weighted by atomic mass is 32.2. The van der Waals surface area contributed by atoms with Crippen molar-refractivity contribution in [2.75, 3.05) is 13.2 Å². The lowest BCUT2D eigenvalue weighted by molar-refractivity contribution is 0.105. The number of hydrogen-bond acceptors (Lipinski definition) is 4. The molecule has 1 atom stereocenters. The number of ether oxygens (including phenoxy) is 1. The number of benzene rings is 1. The van der Waals surface area contributed by atoms with Crippen LogP contribution < -0.4 is 4.72 Å². The van der Waals surface area contributed by atoms with E-state index in [-0.39, 0.29) is 17.5 Å². The Hall–Kier alpha value is -1.49. The Bertz CT molecular complexity index is 619. The smallest absolute Gasteiger partial charge is 0.241 e. The Morgan fingerprint density at radius 3 is 2.95 bits per heavy atom. The van der Waals surface area contributed by atoms with Crippen LogP contribution in [0.2, 0.25) is 0 Å². The Balaban J connectivity index is 2.06. The fourth-order valence-electron chi connectivity index (χ4n) is 2.14. The van der Waals surface area contributed by atoms with Crippen LogP contribution >= 0.6 is 0 Å². The van der Waals surface area contributed by atoms with Gasteiger partial charge >= 0.3 is 0 Å². The van der Waals surface area contributed by atoms with Gasteiger partial charge in [0, 0.05) is 13.2 Å². The molecule has 1 aromatic rings. The molecule has 0 aliphatic carbocycles. The summed E-state index contributed by atoms with van der Waals surface area (Å²) in [7, 11) is -3.89. The second-order valence-electron chi connectivity index (χ2n) is 4.55. The molecule has 1 unspecified atom stereocenters. The topological polar surface area (TPSA) is 79.2 Å². The number of rotatable bonds is 5. The number of nitrogens with zero attached hydrogens (tertiary/aromatic N) is 1. The highest BCUT2D eigenvalue weighted by molar-refractivity contribution is 7.89. The number of hydrogen-bond donors (Lipinski definition) is 1. The Morgan fingerprint density at radius 1 is 1.50 bits per heavy atom. The van der Waals surface area contributed by atoms with Crippen molar-refractivity contribution in [3.05, 3.63) is 29.6 Å². The van der Waals surface area contributed by atoms with E-state index < -0.39 is 21.4 Å². The molecule has 0 bridgehead atoms. The average Bonchev–Trinajstić information content (AvgIpc) is 2.91. The molecule has 1 heterocycles. The predicted molar refractivity (Wildman–Crippen MR) is 69.9 cm³/mol. The van der Waals surface area contributed by atoms with Gasteiger partial charge < -0.3 is 4.74 Å². The maximum absolute atomic E-state index is 13.4. The van der Waals surface area contributed by atoms with Gasteiger partial charge in [0.15, 0.2) is 0 Å². The van der Waals surface area contributed by atoms with Crippen molar-refractivity contribution in [2.24, 2.45) is 0 Å². The molecular weight excluding hydrogens is 283 g/mol. The van der Waals surface area contributed by atoms with Gasteiger partial charge in [0.2, 0.25) is 10.0 Å². The minimum atomic E-state index is -3.89. The molecule has 2 rings (SSSR count). The SMILES string of the molecule is N#Cc1c(F)cccc1S(=O)(=O)NCCC1CCCO1. The van der Waals surface area contributed by atoms with Crippen molar-refractivity contribution >= 4 is 10.0 Å². The van der Waals surface area contributed by atoms with Gasteiger partial charge in [-0.15, -0.1) is 0 Å². The molecular formula is C13H15FN2O3S. The highest BCUT2D eigenvalue weighted by Crippen LogP contribution is 2.18. The maximum atomic E-state index is 13.4. The summed E-state index contributed by atoms with van der Waals surface area (Å²) in [6, 6.07) is 5.13. The maximum Gasteiger partial charge on any atom is 0.241 e. The number of nitrogens with one attached hydrogen (secondary N) is 1. The van der Waals surface area contributed by atoms with Crippen LogP contribution in [-0.2, 0) is 14.8 Å². The van der Waals surface area contributed by atoms with E-state index in [2.05, 4.69) is 4.72 Å². The molecule has 1 N–H and O–H groups in total. The lowest BCUT2D eigenvalue weighted by Gasteiger charge is -2.11. The lowest BCUT2D eigenvalue weighted by atomic mass is 10.2. The van der Waals surface area contributed by atoms with Crippen LogP contribution in [0.4, 0.5) is 4.39 Å². The Labute approximate surface area is 117 Å². The largest absolute Gasteiger partial charge is 0.378 e. The van der Waals surface area contributed by atoms with Gasteiger partial charge in [0.25, 0.3) is 0 Å². The van der Waals surface area contributed by atoms with Crippen LogP contribution in [0.3, 0.4) is 0 Å². The molecule has 0 amide bonds. The summed E-state index contributed by atoms with van der Waals surface area (Å²) >= 11 is 0. The minimum absolute atomic E-state index is 0.0700. The van der Waals surface area contributed by atoms with Crippen LogP contribution in [0.5, 0.6) is 0 Å². The van der Waals surface area contributed by atoms with Gasteiger partial charge in [-0.05, 0) is 31.4 Å². The van der Waals surface area contributed by atoms with Gasteiger partial charge in [-0.25, -0.2) is 17.5 Å². The normalized spacial score (nSPS) is 18.9. The van der Waals surface area contributed by atoms with E-state index >= 15 is 0 Å². The summed E-state index contributed by atoms with van der Waals surface area (Å²) in [4.78, 5) is -0.327. The Kier molecular flexibility index (Phi) is 4.70. The third-order valence-corrected chi connectivity index (χ3v) is 4.66. The summed E-state index contributed by atoms with van der Waals surface area (Å²) in [5.41, 5.74) is -0.461. The summed E-state index contributed by atoms with van der Waals surface area (Å²) < 4.78 is 45.3. The third kappa shape index (κ3) is 3.33. The quantitative estimate of drug-likeness (QED) is 0.894. The van der Waals surface area contributed by atoms with Crippen LogP contribution in [-0.4, -0.2) is 27.7 Å². The van der Waals surface area contributed by atoms with Gasteiger partial charge in [-0.2, -0.15) is 5.26 Å². The van der Waals surface area contributed by atoms with Crippen molar-refractivity contribution in [1.82, 2.24) is 4.72 Å². The molecule has 5 nitrogen and oxygen atoms in total. The zero-order valence-corrected chi connectivity index (χ0v) is 11.6. The Morgan fingerprint density at radius 2 is 2.30 bits per heavy atom. The first-order valence-electron chi connectivity index (χ1n) is 6.34.